The van der Waals surface area contributed by atoms with Gasteiger partial charge >= 0.3 is 12.1 Å². The zero-order valence-electron chi connectivity index (χ0n) is 18.0. The van der Waals surface area contributed by atoms with Crippen molar-refractivity contribution < 1.29 is 23.9 Å². The van der Waals surface area contributed by atoms with Gasteiger partial charge in [0, 0.05) is 6.54 Å². The van der Waals surface area contributed by atoms with Crippen LogP contribution < -0.4 is 22.1 Å². The highest BCUT2D eigenvalue weighted by Crippen LogP contribution is 2.20. The first-order valence-electron chi connectivity index (χ1n) is 10.6. The van der Waals surface area contributed by atoms with Gasteiger partial charge in [0.25, 0.3) is 5.91 Å². The summed E-state index contributed by atoms with van der Waals surface area (Å²) in [6.07, 6.45) is 5.90. The van der Waals surface area contributed by atoms with Gasteiger partial charge in [-0.1, -0.05) is 12.8 Å². The van der Waals surface area contributed by atoms with Crippen LogP contribution in [0.15, 0.2) is 0 Å². The van der Waals surface area contributed by atoms with E-state index in [1.54, 1.807) is 20.8 Å². The van der Waals surface area contributed by atoms with E-state index in [0.717, 1.165) is 38.5 Å². The number of rotatable bonds is 9. The Kier molecular flexibility index (Phi) is 11.0. The van der Waals surface area contributed by atoms with Gasteiger partial charge < -0.3 is 31.6 Å². The summed E-state index contributed by atoms with van der Waals surface area (Å²) in [5.74, 6) is -1.05. The molecule has 1 aliphatic carbocycles. The fourth-order valence-electron chi connectivity index (χ4n) is 3.10. The van der Waals surface area contributed by atoms with Gasteiger partial charge in [0.15, 0.2) is 0 Å². The highest BCUT2D eigenvalue weighted by molar-refractivity contribution is 5.87. The molecule has 9 nitrogen and oxygen atoms in total. The Labute approximate surface area is 173 Å². The SMILES string of the molecule is CC(C)(C)OC(=O)NCCCC[C@H](NC(=O)C(N)N)C(=O)OC1CCCCCC1. The number of nitrogens with two attached hydrogens (primary N) is 2. The van der Waals surface area contributed by atoms with Gasteiger partial charge in [0.1, 0.15) is 23.9 Å². The normalized spacial score (nSPS) is 16.6. The Morgan fingerprint density at radius 3 is 2.21 bits per heavy atom. The second-order valence-electron chi connectivity index (χ2n) is 8.56. The van der Waals surface area contributed by atoms with E-state index >= 15 is 0 Å². The van der Waals surface area contributed by atoms with Gasteiger partial charge in [-0.3, -0.25) is 4.79 Å². The van der Waals surface area contributed by atoms with Crippen molar-refractivity contribution >= 4 is 18.0 Å². The topological polar surface area (TPSA) is 146 Å². The van der Waals surface area contributed by atoms with Gasteiger partial charge in [-0.25, -0.2) is 9.59 Å². The van der Waals surface area contributed by atoms with Crippen LogP contribution in [0.3, 0.4) is 0 Å². The standard InChI is InChI=1S/C20H38N4O5/c1-20(2,3)29-19(27)23-13-9-8-12-15(24-17(25)16(21)22)18(26)28-14-10-6-4-5-7-11-14/h14-16H,4-13,21-22H2,1-3H3,(H,23,27)(H,24,25)/t15-/m0/s1. The number of hydrogen-bond acceptors (Lipinski definition) is 7. The molecule has 2 amide bonds. The van der Waals surface area contributed by atoms with Crippen LogP contribution in [-0.4, -0.2) is 48.4 Å². The van der Waals surface area contributed by atoms with Gasteiger partial charge in [-0.05, 0) is 65.7 Å². The monoisotopic (exact) mass is 414 g/mol. The molecule has 29 heavy (non-hydrogen) atoms. The van der Waals surface area contributed by atoms with E-state index in [0.29, 0.717) is 25.8 Å². The minimum Gasteiger partial charge on any atom is -0.461 e. The highest BCUT2D eigenvalue weighted by atomic mass is 16.6. The zero-order valence-corrected chi connectivity index (χ0v) is 18.0. The molecule has 9 heteroatoms. The first-order chi connectivity index (χ1) is 13.6. The average molecular weight is 415 g/mol. The molecule has 0 aliphatic heterocycles. The lowest BCUT2D eigenvalue weighted by Crippen LogP contribution is -2.52. The number of carbonyl (C=O) groups is 3. The highest BCUT2D eigenvalue weighted by Gasteiger charge is 2.26. The second kappa shape index (κ2) is 12.6. The van der Waals surface area contributed by atoms with Crippen molar-refractivity contribution in [1.82, 2.24) is 10.6 Å². The lowest BCUT2D eigenvalue weighted by molar-refractivity contribution is -0.154. The minimum absolute atomic E-state index is 0.107. The van der Waals surface area contributed by atoms with Crippen molar-refractivity contribution in [2.45, 2.75) is 102 Å². The molecule has 1 fully saturated rings. The Hall–Kier alpha value is -1.87. The summed E-state index contributed by atoms with van der Waals surface area (Å²) in [6, 6.07) is -0.804. The molecule has 168 valence electrons. The van der Waals surface area contributed by atoms with Crippen LogP contribution in [0.4, 0.5) is 4.79 Å². The molecule has 1 aliphatic rings. The van der Waals surface area contributed by atoms with Crippen LogP contribution in [0.2, 0.25) is 0 Å². The maximum absolute atomic E-state index is 12.6. The Balaban J connectivity index is 2.46. The van der Waals surface area contributed by atoms with E-state index in [-0.39, 0.29) is 6.10 Å². The number of unbranched alkanes of at least 4 members (excludes halogenated alkanes) is 1. The summed E-state index contributed by atoms with van der Waals surface area (Å²) in [6.45, 7) is 5.79. The van der Waals surface area contributed by atoms with Gasteiger partial charge in [-0.2, -0.15) is 0 Å². The number of nitrogens with one attached hydrogen (secondary N) is 2. The van der Waals surface area contributed by atoms with E-state index in [1.807, 2.05) is 0 Å². The van der Waals surface area contributed by atoms with Crippen molar-refractivity contribution in [3.8, 4) is 0 Å². The Morgan fingerprint density at radius 1 is 1.03 bits per heavy atom. The summed E-state index contributed by atoms with van der Waals surface area (Å²) in [4.78, 5) is 36.1. The van der Waals surface area contributed by atoms with E-state index in [1.165, 1.54) is 0 Å². The van der Waals surface area contributed by atoms with Crippen LogP contribution in [0.25, 0.3) is 0 Å². The van der Waals surface area contributed by atoms with Crippen LogP contribution in [0, 0.1) is 0 Å². The number of amides is 2. The first-order valence-corrected chi connectivity index (χ1v) is 10.6. The number of ether oxygens (including phenoxy) is 2. The maximum atomic E-state index is 12.6. The summed E-state index contributed by atoms with van der Waals surface area (Å²) in [5.41, 5.74) is 10.2. The molecular weight excluding hydrogens is 376 g/mol. The molecule has 1 atom stereocenters. The minimum atomic E-state index is -1.20. The first kappa shape index (κ1) is 25.2. The molecule has 0 aromatic heterocycles. The fourth-order valence-corrected chi connectivity index (χ4v) is 3.10. The molecule has 0 radical (unpaired) electrons. The van der Waals surface area contributed by atoms with Crippen molar-refractivity contribution in [3.63, 3.8) is 0 Å². The third-order valence-corrected chi connectivity index (χ3v) is 4.58. The molecular formula is C20H38N4O5. The maximum Gasteiger partial charge on any atom is 0.407 e. The molecule has 6 N–H and O–H groups in total. The number of esters is 1. The van der Waals surface area contributed by atoms with Crippen molar-refractivity contribution in [3.05, 3.63) is 0 Å². The molecule has 0 aromatic carbocycles. The molecule has 0 aromatic rings. The Bertz CT molecular complexity index is 525. The van der Waals surface area contributed by atoms with Crippen LogP contribution in [0.5, 0.6) is 0 Å². The smallest absolute Gasteiger partial charge is 0.407 e. The van der Waals surface area contributed by atoms with E-state index < -0.39 is 35.8 Å². The van der Waals surface area contributed by atoms with E-state index in [4.69, 9.17) is 20.9 Å². The molecule has 0 unspecified atom stereocenters. The molecule has 1 saturated carbocycles. The lowest BCUT2D eigenvalue weighted by Gasteiger charge is -2.22. The average Bonchev–Trinajstić information content (AvgIpc) is 2.87. The lowest BCUT2D eigenvalue weighted by atomic mass is 10.1. The quantitative estimate of drug-likeness (QED) is 0.194. The van der Waals surface area contributed by atoms with E-state index in [9.17, 15) is 14.4 Å². The van der Waals surface area contributed by atoms with Crippen molar-refractivity contribution in [2.75, 3.05) is 6.54 Å². The predicted molar refractivity (Wildman–Crippen MR) is 110 cm³/mol. The van der Waals surface area contributed by atoms with Crippen molar-refractivity contribution in [2.24, 2.45) is 11.5 Å². The van der Waals surface area contributed by atoms with Crippen LogP contribution >= 0.6 is 0 Å². The fraction of sp³-hybridized carbons (Fsp3) is 0.850. The second-order valence-corrected chi connectivity index (χ2v) is 8.56. The van der Waals surface area contributed by atoms with Gasteiger partial charge in [0.05, 0.1) is 0 Å². The molecule has 1 rings (SSSR count). The number of alkyl carbamates (subject to hydrolysis) is 1. The van der Waals surface area contributed by atoms with Gasteiger partial charge in [-0.15, -0.1) is 0 Å². The predicted octanol–water partition coefficient (Wildman–Crippen LogP) is 1.68. The van der Waals surface area contributed by atoms with Crippen molar-refractivity contribution in [1.29, 1.82) is 0 Å². The van der Waals surface area contributed by atoms with Crippen LogP contribution in [0.1, 0.15) is 78.6 Å². The van der Waals surface area contributed by atoms with Crippen LogP contribution in [-0.2, 0) is 19.1 Å². The molecule has 0 saturated heterocycles. The van der Waals surface area contributed by atoms with Gasteiger partial charge in [0.2, 0.25) is 0 Å². The summed E-state index contributed by atoms with van der Waals surface area (Å²) >= 11 is 0. The largest absolute Gasteiger partial charge is 0.461 e. The zero-order chi connectivity index (χ0) is 21.9. The molecule has 0 heterocycles. The molecule has 0 bridgehead atoms. The summed E-state index contributed by atoms with van der Waals surface area (Å²) in [5, 5.41) is 5.25. The third-order valence-electron chi connectivity index (χ3n) is 4.58. The summed E-state index contributed by atoms with van der Waals surface area (Å²) in [7, 11) is 0. The summed E-state index contributed by atoms with van der Waals surface area (Å²) < 4.78 is 10.8. The number of carbonyl (C=O) groups excluding carboxylic acids is 3. The van der Waals surface area contributed by atoms with E-state index in [2.05, 4.69) is 10.6 Å². The third kappa shape index (κ3) is 11.7. The number of hydrogen-bond donors (Lipinski definition) is 4. The Morgan fingerprint density at radius 2 is 1.66 bits per heavy atom. The molecule has 0 spiro atoms.